The largest absolute Gasteiger partial charge is 0.493 e. The van der Waals surface area contributed by atoms with Crippen LogP contribution in [-0.2, 0) is 6.42 Å². The Morgan fingerprint density at radius 2 is 1.92 bits per heavy atom. The van der Waals surface area contributed by atoms with Crippen LogP contribution in [0.4, 0.5) is 0 Å². The van der Waals surface area contributed by atoms with Gasteiger partial charge in [-0.2, -0.15) is 0 Å². The van der Waals surface area contributed by atoms with Crippen molar-refractivity contribution < 1.29 is 9.47 Å². The van der Waals surface area contributed by atoms with E-state index in [1.165, 1.54) is 31.2 Å². The number of methoxy groups -OCH3 is 2. The summed E-state index contributed by atoms with van der Waals surface area (Å²) in [6.07, 6.45) is 6.58. The number of ether oxygens (including phenoxy) is 2. The third-order valence-electron chi connectivity index (χ3n) is 4.28. The van der Waals surface area contributed by atoms with Gasteiger partial charge in [-0.05, 0) is 30.5 Å². The number of aliphatic imine (C=N–C) groups is 1. The number of nitrogens with one attached hydrogen (secondary N) is 1. The van der Waals surface area contributed by atoms with Crippen molar-refractivity contribution in [1.29, 1.82) is 0 Å². The molecule has 0 saturated carbocycles. The summed E-state index contributed by atoms with van der Waals surface area (Å²) in [6.45, 7) is 3.97. The monoisotopic (exact) mass is 348 g/mol. The second-order valence-corrected chi connectivity index (χ2v) is 6.52. The lowest BCUT2D eigenvalue weighted by molar-refractivity contribution is 0.354. The number of thiocarbonyl (C=S) groups is 1. The Balaban J connectivity index is 2.00. The highest BCUT2D eigenvalue weighted by atomic mass is 32.1. The average Bonchev–Trinajstić information content (AvgIpc) is 2.60. The van der Waals surface area contributed by atoms with Crippen molar-refractivity contribution in [1.82, 2.24) is 5.32 Å². The van der Waals surface area contributed by atoms with Crippen LogP contribution in [0.3, 0.4) is 0 Å². The third-order valence-corrected chi connectivity index (χ3v) is 4.57. The molecule has 1 heterocycles. The summed E-state index contributed by atoms with van der Waals surface area (Å²) in [5.74, 6) is 1.51. The van der Waals surface area contributed by atoms with E-state index in [2.05, 4.69) is 18.3 Å². The van der Waals surface area contributed by atoms with Gasteiger partial charge in [-0.3, -0.25) is 4.99 Å². The molecule has 0 fully saturated rings. The van der Waals surface area contributed by atoms with Crippen LogP contribution in [-0.4, -0.2) is 38.0 Å². The molecule has 0 aromatic heterocycles. The van der Waals surface area contributed by atoms with E-state index in [9.17, 15) is 0 Å². The Labute approximate surface area is 150 Å². The van der Waals surface area contributed by atoms with Crippen LogP contribution in [0.2, 0.25) is 0 Å². The highest BCUT2D eigenvalue weighted by Crippen LogP contribution is 2.33. The van der Waals surface area contributed by atoms with Crippen molar-refractivity contribution in [2.75, 3.05) is 27.3 Å². The van der Waals surface area contributed by atoms with E-state index in [1.54, 1.807) is 14.2 Å². The Hall–Kier alpha value is -1.62. The highest BCUT2D eigenvalue weighted by molar-refractivity contribution is 7.80. The van der Waals surface area contributed by atoms with Crippen LogP contribution >= 0.6 is 12.2 Å². The second kappa shape index (κ2) is 9.62. The summed E-state index contributed by atoms with van der Waals surface area (Å²) in [6, 6.07) is 4.08. The van der Waals surface area contributed by atoms with Crippen LogP contribution in [0.25, 0.3) is 0 Å². The van der Waals surface area contributed by atoms with E-state index in [4.69, 9.17) is 26.7 Å². The van der Waals surface area contributed by atoms with Gasteiger partial charge < -0.3 is 14.8 Å². The fourth-order valence-corrected chi connectivity index (χ4v) is 3.18. The van der Waals surface area contributed by atoms with Crippen LogP contribution in [0.15, 0.2) is 17.1 Å². The van der Waals surface area contributed by atoms with Crippen molar-refractivity contribution in [2.45, 2.75) is 45.4 Å². The molecule has 1 aliphatic rings. The highest BCUT2D eigenvalue weighted by Gasteiger charge is 2.19. The molecule has 4 nitrogen and oxygen atoms in total. The number of hydrogen-bond acceptors (Lipinski definition) is 4. The first-order valence-electron chi connectivity index (χ1n) is 8.74. The van der Waals surface area contributed by atoms with E-state index in [0.29, 0.717) is 6.42 Å². The minimum Gasteiger partial charge on any atom is -0.493 e. The summed E-state index contributed by atoms with van der Waals surface area (Å²) in [5.41, 5.74) is 3.43. The van der Waals surface area contributed by atoms with E-state index >= 15 is 0 Å². The zero-order valence-electron chi connectivity index (χ0n) is 15.0. The molecule has 1 N–H and O–H groups in total. The predicted molar refractivity (Wildman–Crippen MR) is 104 cm³/mol. The normalized spacial score (nSPS) is 13.0. The summed E-state index contributed by atoms with van der Waals surface area (Å²) in [4.78, 5) is 5.56. The van der Waals surface area contributed by atoms with E-state index in [0.717, 1.165) is 47.3 Å². The minimum atomic E-state index is 0.686. The first-order chi connectivity index (χ1) is 11.7. The van der Waals surface area contributed by atoms with Crippen molar-refractivity contribution in [2.24, 2.45) is 4.99 Å². The lowest BCUT2D eigenvalue weighted by Gasteiger charge is -2.20. The van der Waals surface area contributed by atoms with E-state index in [1.807, 2.05) is 6.07 Å². The zero-order valence-corrected chi connectivity index (χ0v) is 15.8. The lowest BCUT2D eigenvalue weighted by atomic mass is 9.95. The van der Waals surface area contributed by atoms with Gasteiger partial charge in [-0.25, -0.2) is 0 Å². The Kier molecular flexibility index (Phi) is 7.50. The van der Waals surface area contributed by atoms with Gasteiger partial charge in [0.15, 0.2) is 11.5 Å². The number of benzene rings is 1. The quantitative estimate of drug-likeness (QED) is 0.542. The van der Waals surface area contributed by atoms with E-state index < -0.39 is 0 Å². The number of fused-ring (bicyclic) bond motifs is 1. The Bertz CT molecular complexity index is 599. The molecule has 0 bridgehead atoms. The summed E-state index contributed by atoms with van der Waals surface area (Å²) in [5, 5.41) is 3.37. The molecule has 1 aromatic carbocycles. The van der Waals surface area contributed by atoms with Gasteiger partial charge in [0.2, 0.25) is 0 Å². The van der Waals surface area contributed by atoms with Gasteiger partial charge in [0.05, 0.1) is 19.2 Å². The molecular formula is C19H28N2O2S. The van der Waals surface area contributed by atoms with Crippen LogP contribution < -0.4 is 14.8 Å². The molecule has 0 spiro atoms. The summed E-state index contributed by atoms with van der Waals surface area (Å²) in [7, 11) is 3.33. The number of nitrogens with zero attached hydrogens (tertiary/aromatic N) is 1. The number of hydrogen-bond donors (Lipinski definition) is 1. The first kappa shape index (κ1) is 18.7. The number of rotatable bonds is 9. The summed E-state index contributed by atoms with van der Waals surface area (Å²) >= 11 is 5.50. The Morgan fingerprint density at radius 1 is 1.17 bits per heavy atom. The molecular weight excluding hydrogens is 320 g/mol. The standard InChI is InChI=1S/C19H28N2O2S/c1-4-5-6-7-9-21-19(24)13-16-15-12-18(23-3)17(22-2)11-14(15)8-10-20-16/h11-12H,4-10,13H2,1-3H3,(H,21,24). The van der Waals surface area contributed by atoms with Gasteiger partial charge in [0.1, 0.15) is 0 Å². The summed E-state index contributed by atoms with van der Waals surface area (Å²) < 4.78 is 10.8. The van der Waals surface area contributed by atoms with Crippen molar-refractivity contribution in [3.05, 3.63) is 23.3 Å². The smallest absolute Gasteiger partial charge is 0.161 e. The minimum absolute atomic E-state index is 0.686. The maximum atomic E-state index is 5.50. The molecule has 1 aromatic rings. The molecule has 1 aliphatic heterocycles. The van der Waals surface area contributed by atoms with Crippen LogP contribution in [0.1, 0.15) is 50.2 Å². The molecule has 24 heavy (non-hydrogen) atoms. The van der Waals surface area contributed by atoms with Gasteiger partial charge in [0, 0.05) is 30.8 Å². The van der Waals surface area contributed by atoms with Gasteiger partial charge in [-0.15, -0.1) is 0 Å². The van der Waals surface area contributed by atoms with Crippen LogP contribution in [0.5, 0.6) is 11.5 Å². The predicted octanol–water partition coefficient (Wildman–Crippen LogP) is 3.94. The fourth-order valence-electron chi connectivity index (χ4n) is 2.94. The van der Waals surface area contributed by atoms with E-state index in [-0.39, 0.29) is 0 Å². The number of unbranched alkanes of at least 4 members (excludes halogenated alkanes) is 3. The molecule has 0 amide bonds. The second-order valence-electron chi connectivity index (χ2n) is 6.03. The van der Waals surface area contributed by atoms with Gasteiger partial charge >= 0.3 is 0 Å². The molecule has 0 unspecified atom stereocenters. The van der Waals surface area contributed by atoms with Crippen molar-refractivity contribution >= 4 is 22.9 Å². The molecule has 0 saturated heterocycles. The van der Waals surface area contributed by atoms with Crippen molar-refractivity contribution in [3.63, 3.8) is 0 Å². The molecule has 0 aliphatic carbocycles. The SMILES string of the molecule is CCCCCCNC(=S)CC1=NCCc2cc(OC)c(OC)cc21. The zero-order chi connectivity index (χ0) is 17.4. The van der Waals surface area contributed by atoms with Crippen molar-refractivity contribution in [3.8, 4) is 11.5 Å². The maximum absolute atomic E-state index is 5.50. The Morgan fingerprint density at radius 3 is 2.62 bits per heavy atom. The molecule has 0 atom stereocenters. The topological polar surface area (TPSA) is 42.9 Å². The lowest BCUT2D eigenvalue weighted by Crippen LogP contribution is -2.27. The molecule has 0 radical (unpaired) electrons. The fraction of sp³-hybridized carbons (Fsp3) is 0.579. The third kappa shape index (κ3) is 4.94. The molecule has 2 rings (SSSR count). The maximum Gasteiger partial charge on any atom is 0.161 e. The molecule has 5 heteroatoms. The average molecular weight is 349 g/mol. The first-order valence-corrected chi connectivity index (χ1v) is 9.15. The van der Waals surface area contributed by atoms with Crippen LogP contribution in [0, 0.1) is 0 Å². The molecule has 132 valence electrons. The van der Waals surface area contributed by atoms with Gasteiger partial charge in [-0.1, -0.05) is 38.4 Å². The van der Waals surface area contributed by atoms with Gasteiger partial charge in [0.25, 0.3) is 0 Å².